The van der Waals surface area contributed by atoms with Crippen LogP contribution in [0.25, 0.3) is 0 Å². The monoisotopic (exact) mass is 168 g/mol. The molecule has 0 aromatic carbocycles. The molecule has 0 bridgehead atoms. The van der Waals surface area contributed by atoms with E-state index in [1.54, 1.807) is 12.2 Å². The van der Waals surface area contributed by atoms with E-state index in [9.17, 15) is 4.79 Å². The van der Waals surface area contributed by atoms with E-state index in [4.69, 9.17) is 9.47 Å². The van der Waals surface area contributed by atoms with Gasteiger partial charge in [-0.15, -0.1) is 0 Å². The number of hydrogen-bond acceptors (Lipinski definition) is 3. The van der Waals surface area contributed by atoms with Crippen LogP contribution in [-0.2, 0) is 14.3 Å². The van der Waals surface area contributed by atoms with Gasteiger partial charge in [0.05, 0.1) is 0 Å². The van der Waals surface area contributed by atoms with Crippen molar-refractivity contribution in [1.82, 2.24) is 0 Å². The predicted molar refractivity (Wildman–Crippen MR) is 44.7 cm³/mol. The lowest BCUT2D eigenvalue weighted by atomic mass is 10.0. The van der Waals surface area contributed by atoms with E-state index in [1.807, 2.05) is 6.92 Å². The first-order chi connectivity index (χ1) is 5.64. The Hall–Kier alpha value is -0.930. The van der Waals surface area contributed by atoms with Gasteiger partial charge in [0, 0.05) is 14.2 Å². The Labute approximate surface area is 71.7 Å². The predicted octanol–water partition coefficient (Wildman–Crippen LogP) is 1.06. The second-order valence-electron chi connectivity index (χ2n) is 2.66. The fourth-order valence-electron chi connectivity index (χ4n) is 1.14. The van der Waals surface area contributed by atoms with Crippen LogP contribution in [0.15, 0.2) is 23.8 Å². The van der Waals surface area contributed by atoms with Gasteiger partial charge in [-0.1, -0.05) is 6.08 Å². The lowest BCUT2D eigenvalue weighted by molar-refractivity contribution is -0.181. The maximum absolute atomic E-state index is 11.3. The summed E-state index contributed by atoms with van der Waals surface area (Å²) in [7, 11) is 2.90. The highest BCUT2D eigenvalue weighted by Crippen LogP contribution is 2.22. The van der Waals surface area contributed by atoms with Crippen LogP contribution in [0.1, 0.15) is 6.92 Å². The number of hydrogen-bond donors (Lipinski definition) is 0. The van der Waals surface area contributed by atoms with Crippen LogP contribution < -0.4 is 0 Å². The molecule has 12 heavy (non-hydrogen) atoms. The average Bonchev–Trinajstić information content (AvgIpc) is 2.09. The maximum atomic E-state index is 11.3. The molecule has 0 saturated heterocycles. The fourth-order valence-corrected chi connectivity index (χ4v) is 1.14. The number of rotatable bonds is 2. The van der Waals surface area contributed by atoms with Crippen LogP contribution in [0, 0.1) is 0 Å². The van der Waals surface area contributed by atoms with Crippen molar-refractivity contribution >= 4 is 5.78 Å². The lowest BCUT2D eigenvalue weighted by Gasteiger charge is -2.27. The molecule has 0 fully saturated rings. The molecule has 0 radical (unpaired) electrons. The Morgan fingerprint density at radius 1 is 1.25 bits per heavy atom. The van der Waals surface area contributed by atoms with Crippen molar-refractivity contribution in [3.05, 3.63) is 23.8 Å². The van der Waals surface area contributed by atoms with Crippen LogP contribution in [-0.4, -0.2) is 25.8 Å². The van der Waals surface area contributed by atoms with Gasteiger partial charge in [0.15, 0.2) is 0 Å². The highest BCUT2D eigenvalue weighted by Gasteiger charge is 2.36. The Morgan fingerprint density at radius 2 is 1.83 bits per heavy atom. The molecule has 0 unspecified atom stereocenters. The summed E-state index contributed by atoms with van der Waals surface area (Å²) in [5, 5.41) is 0. The van der Waals surface area contributed by atoms with E-state index in [-0.39, 0.29) is 5.78 Å². The second-order valence-corrected chi connectivity index (χ2v) is 2.66. The summed E-state index contributed by atoms with van der Waals surface area (Å²) in [6, 6.07) is 0. The highest BCUT2D eigenvalue weighted by molar-refractivity contribution is 5.99. The Kier molecular flexibility index (Phi) is 2.45. The second kappa shape index (κ2) is 3.21. The lowest BCUT2D eigenvalue weighted by Crippen LogP contribution is -2.41. The zero-order valence-electron chi connectivity index (χ0n) is 7.46. The van der Waals surface area contributed by atoms with E-state index < -0.39 is 5.79 Å². The van der Waals surface area contributed by atoms with E-state index in [2.05, 4.69) is 0 Å². The van der Waals surface area contributed by atoms with Gasteiger partial charge in [-0.2, -0.15) is 0 Å². The number of carbonyl (C=O) groups is 1. The van der Waals surface area contributed by atoms with E-state index in [0.29, 0.717) is 0 Å². The molecule has 3 heteroatoms. The molecule has 66 valence electrons. The molecule has 0 amide bonds. The molecule has 0 spiro atoms. The summed E-state index contributed by atoms with van der Waals surface area (Å²) in [4.78, 5) is 11.3. The SMILES string of the molecule is COC1(OC)C=C(C)C=CC1=O. The Bertz CT molecular complexity index is 246. The van der Waals surface area contributed by atoms with Crippen molar-refractivity contribution in [2.45, 2.75) is 12.7 Å². The molecule has 1 aliphatic rings. The number of ketones is 1. The van der Waals surface area contributed by atoms with Crippen LogP contribution in [0.2, 0.25) is 0 Å². The number of allylic oxidation sites excluding steroid dienone is 2. The van der Waals surface area contributed by atoms with Crippen molar-refractivity contribution in [1.29, 1.82) is 0 Å². The minimum atomic E-state index is -1.20. The van der Waals surface area contributed by atoms with E-state index in [0.717, 1.165) is 5.57 Å². The Balaban J connectivity index is 3.02. The molecular weight excluding hydrogens is 156 g/mol. The number of methoxy groups -OCH3 is 2. The van der Waals surface area contributed by atoms with Crippen LogP contribution >= 0.6 is 0 Å². The van der Waals surface area contributed by atoms with Gasteiger partial charge in [0.1, 0.15) is 0 Å². The van der Waals surface area contributed by atoms with E-state index >= 15 is 0 Å². The molecule has 0 saturated carbocycles. The summed E-state index contributed by atoms with van der Waals surface area (Å²) in [5.74, 6) is -1.38. The average molecular weight is 168 g/mol. The van der Waals surface area contributed by atoms with Gasteiger partial charge < -0.3 is 9.47 Å². The molecule has 0 heterocycles. The first kappa shape index (κ1) is 9.16. The molecule has 3 nitrogen and oxygen atoms in total. The van der Waals surface area contributed by atoms with E-state index in [1.165, 1.54) is 20.3 Å². The Morgan fingerprint density at radius 3 is 2.25 bits per heavy atom. The summed E-state index contributed by atoms with van der Waals surface area (Å²) in [6.45, 7) is 1.88. The van der Waals surface area contributed by atoms with Gasteiger partial charge in [-0.05, 0) is 24.6 Å². The molecule has 0 aromatic heterocycles. The van der Waals surface area contributed by atoms with Crippen LogP contribution in [0.3, 0.4) is 0 Å². The van der Waals surface area contributed by atoms with Crippen LogP contribution in [0.5, 0.6) is 0 Å². The molecule has 0 aromatic rings. The zero-order valence-corrected chi connectivity index (χ0v) is 7.46. The van der Waals surface area contributed by atoms with Crippen molar-refractivity contribution < 1.29 is 14.3 Å². The van der Waals surface area contributed by atoms with Gasteiger partial charge >= 0.3 is 0 Å². The van der Waals surface area contributed by atoms with Crippen molar-refractivity contribution in [2.75, 3.05) is 14.2 Å². The topological polar surface area (TPSA) is 35.5 Å². The molecule has 0 N–H and O–H groups in total. The summed E-state index contributed by atoms with van der Waals surface area (Å²) in [6.07, 6.45) is 4.86. The van der Waals surface area contributed by atoms with Gasteiger partial charge in [0.2, 0.25) is 5.78 Å². The molecule has 0 atom stereocenters. The first-order valence-electron chi connectivity index (χ1n) is 3.67. The standard InChI is InChI=1S/C9H12O3/c1-7-4-5-8(10)9(6-7,11-2)12-3/h4-6H,1-3H3. The molecule has 0 aliphatic heterocycles. The molecule has 1 aliphatic carbocycles. The number of carbonyl (C=O) groups excluding carboxylic acids is 1. The quantitative estimate of drug-likeness (QED) is 0.578. The number of ether oxygens (including phenoxy) is 2. The van der Waals surface area contributed by atoms with Crippen molar-refractivity contribution in [2.24, 2.45) is 0 Å². The summed E-state index contributed by atoms with van der Waals surface area (Å²) < 4.78 is 10.0. The zero-order chi connectivity index (χ0) is 9.19. The first-order valence-corrected chi connectivity index (χ1v) is 3.67. The summed E-state index contributed by atoms with van der Waals surface area (Å²) in [5.41, 5.74) is 0.957. The molecule has 1 rings (SSSR count). The van der Waals surface area contributed by atoms with Crippen molar-refractivity contribution in [3.8, 4) is 0 Å². The largest absolute Gasteiger partial charge is 0.344 e. The third-order valence-electron chi connectivity index (χ3n) is 1.87. The van der Waals surface area contributed by atoms with Gasteiger partial charge in [0.25, 0.3) is 5.79 Å². The normalized spacial score (nSPS) is 20.9. The maximum Gasteiger partial charge on any atom is 0.253 e. The third-order valence-corrected chi connectivity index (χ3v) is 1.87. The smallest absolute Gasteiger partial charge is 0.253 e. The fraction of sp³-hybridized carbons (Fsp3) is 0.444. The summed E-state index contributed by atoms with van der Waals surface area (Å²) >= 11 is 0. The van der Waals surface area contributed by atoms with Gasteiger partial charge in [-0.3, -0.25) is 4.79 Å². The molecular formula is C9H12O3. The highest BCUT2D eigenvalue weighted by atomic mass is 16.7. The van der Waals surface area contributed by atoms with Crippen LogP contribution in [0.4, 0.5) is 0 Å². The third kappa shape index (κ3) is 1.33. The minimum absolute atomic E-state index is 0.182. The van der Waals surface area contributed by atoms with Gasteiger partial charge in [-0.25, -0.2) is 0 Å². The van der Waals surface area contributed by atoms with Crippen molar-refractivity contribution in [3.63, 3.8) is 0 Å². The minimum Gasteiger partial charge on any atom is -0.344 e.